The molecule has 5 atom stereocenters. The Morgan fingerprint density at radius 2 is 1.15 bits per heavy atom. The summed E-state index contributed by atoms with van der Waals surface area (Å²) in [6, 6.07) is 24.9. The van der Waals surface area contributed by atoms with Crippen molar-refractivity contribution in [1.29, 1.82) is 0 Å². The number of thioether (sulfide) groups is 1. The van der Waals surface area contributed by atoms with Gasteiger partial charge in [-0.2, -0.15) is 0 Å². The van der Waals surface area contributed by atoms with E-state index in [4.69, 9.17) is 18.9 Å². The maximum absolute atomic E-state index is 13.3. The third-order valence-corrected chi connectivity index (χ3v) is 7.31. The van der Waals surface area contributed by atoms with Gasteiger partial charge in [-0.1, -0.05) is 60.7 Å². The normalized spacial score (nSPS) is 22.1. The van der Waals surface area contributed by atoms with Gasteiger partial charge in [-0.15, -0.1) is 18.3 Å². The van der Waals surface area contributed by atoms with Crippen molar-refractivity contribution in [3.8, 4) is 0 Å². The molecule has 1 heterocycles. The third kappa shape index (κ3) is 7.38. The zero-order valence-electron chi connectivity index (χ0n) is 21.7. The first-order chi connectivity index (χ1) is 19.5. The second kappa shape index (κ2) is 14.5. The number of benzene rings is 3. The lowest BCUT2D eigenvalue weighted by molar-refractivity contribution is -0.207. The van der Waals surface area contributed by atoms with Crippen LogP contribution in [0.25, 0.3) is 0 Å². The quantitative estimate of drug-likeness (QED) is 0.154. The van der Waals surface area contributed by atoms with Gasteiger partial charge in [0.05, 0.1) is 23.3 Å². The lowest BCUT2D eigenvalue weighted by Crippen LogP contribution is -2.61. The van der Waals surface area contributed by atoms with E-state index >= 15 is 0 Å². The molecule has 0 saturated carbocycles. The Morgan fingerprint density at radius 3 is 1.57 bits per heavy atom. The second-order valence-electron chi connectivity index (χ2n) is 8.88. The van der Waals surface area contributed by atoms with Crippen LogP contribution in [0.15, 0.2) is 104 Å². The molecule has 0 unspecified atom stereocenters. The minimum Gasteiger partial charge on any atom is -0.452 e. The molecule has 0 aromatic heterocycles. The van der Waals surface area contributed by atoms with Gasteiger partial charge in [0.2, 0.25) is 0 Å². The third-order valence-electron chi connectivity index (χ3n) is 6.13. The SMILES string of the molecule is C=CCCS[C@H]1O[C@H](CO)[C@H](OC(=O)c2ccccc2)[C@H](OC(=O)c2ccccc2)[C@H]1OC(=O)c1ccccc1. The maximum Gasteiger partial charge on any atom is 0.338 e. The van der Waals surface area contributed by atoms with Crippen molar-refractivity contribution in [3.05, 3.63) is 120 Å². The predicted octanol–water partition coefficient (Wildman–Crippen LogP) is 4.69. The fourth-order valence-corrected chi connectivity index (χ4v) is 5.28. The van der Waals surface area contributed by atoms with Crippen LogP contribution in [-0.2, 0) is 18.9 Å². The smallest absolute Gasteiger partial charge is 0.338 e. The molecule has 4 rings (SSSR count). The molecule has 3 aromatic carbocycles. The summed E-state index contributed by atoms with van der Waals surface area (Å²) >= 11 is 1.32. The van der Waals surface area contributed by atoms with Gasteiger partial charge in [-0.3, -0.25) is 0 Å². The summed E-state index contributed by atoms with van der Waals surface area (Å²) < 4.78 is 23.8. The standard InChI is InChI=1S/C31H30O8S/c1-2-3-19-40-31-27(39-30(35)23-17-11-6-12-18-23)26(38-29(34)22-15-9-5-10-16-22)25(24(20-32)36-31)37-28(33)21-13-7-4-8-14-21/h2,4-18,24-27,31-32H,1,3,19-20H2/t24-,25+,26+,27-,31-/m1/s1. The molecule has 9 heteroatoms. The number of hydrogen-bond donors (Lipinski definition) is 1. The van der Waals surface area contributed by atoms with E-state index in [1.54, 1.807) is 97.1 Å². The number of hydrogen-bond acceptors (Lipinski definition) is 9. The molecule has 0 aliphatic carbocycles. The van der Waals surface area contributed by atoms with Gasteiger partial charge in [0.15, 0.2) is 18.3 Å². The summed E-state index contributed by atoms with van der Waals surface area (Å²) in [6.45, 7) is 3.20. The number of carbonyl (C=O) groups excluding carboxylic acids is 3. The Balaban J connectivity index is 1.71. The fraction of sp³-hybridized carbons (Fsp3) is 0.258. The summed E-state index contributed by atoms with van der Waals surface area (Å²) in [5.74, 6) is -1.53. The minimum atomic E-state index is -1.29. The number of carbonyl (C=O) groups is 3. The molecule has 208 valence electrons. The maximum atomic E-state index is 13.3. The number of aliphatic hydroxyl groups excluding tert-OH is 1. The Morgan fingerprint density at radius 1 is 0.725 bits per heavy atom. The van der Waals surface area contributed by atoms with Crippen LogP contribution in [0.1, 0.15) is 37.5 Å². The van der Waals surface area contributed by atoms with Crippen LogP contribution in [0.3, 0.4) is 0 Å². The highest BCUT2D eigenvalue weighted by Crippen LogP contribution is 2.35. The van der Waals surface area contributed by atoms with Crippen LogP contribution < -0.4 is 0 Å². The highest BCUT2D eigenvalue weighted by Gasteiger charge is 2.52. The second-order valence-corrected chi connectivity index (χ2v) is 10.1. The fourth-order valence-electron chi connectivity index (χ4n) is 4.13. The van der Waals surface area contributed by atoms with Crippen molar-refractivity contribution < 1.29 is 38.4 Å². The molecule has 0 spiro atoms. The monoisotopic (exact) mass is 562 g/mol. The van der Waals surface area contributed by atoms with Crippen molar-refractivity contribution >= 4 is 29.7 Å². The lowest BCUT2D eigenvalue weighted by Gasteiger charge is -2.44. The van der Waals surface area contributed by atoms with Crippen LogP contribution in [0.5, 0.6) is 0 Å². The summed E-state index contributed by atoms with van der Waals surface area (Å²) in [6.07, 6.45) is -2.44. The van der Waals surface area contributed by atoms with E-state index in [0.717, 1.165) is 0 Å². The number of ether oxygens (including phenoxy) is 4. The number of allylic oxidation sites excluding steroid dienone is 1. The minimum absolute atomic E-state index is 0.256. The summed E-state index contributed by atoms with van der Waals surface area (Å²) in [7, 11) is 0. The molecule has 1 aliphatic heterocycles. The molecule has 40 heavy (non-hydrogen) atoms. The molecule has 3 aromatic rings. The lowest BCUT2D eigenvalue weighted by atomic mass is 9.98. The van der Waals surface area contributed by atoms with Crippen molar-refractivity contribution in [1.82, 2.24) is 0 Å². The van der Waals surface area contributed by atoms with E-state index in [0.29, 0.717) is 12.2 Å². The van der Waals surface area contributed by atoms with Crippen molar-refractivity contribution in [2.45, 2.75) is 36.3 Å². The molecular formula is C31H30O8S. The molecule has 1 aliphatic rings. The Hall–Kier alpha value is -3.92. The Labute approximate surface area is 236 Å². The van der Waals surface area contributed by atoms with Crippen molar-refractivity contribution in [2.75, 3.05) is 12.4 Å². The van der Waals surface area contributed by atoms with E-state index in [2.05, 4.69) is 6.58 Å². The molecule has 1 N–H and O–H groups in total. The van der Waals surface area contributed by atoms with Gasteiger partial charge < -0.3 is 24.1 Å². The van der Waals surface area contributed by atoms with Crippen LogP contribution in [0.4, 0.5) is 0 Å². The number of rotatable bonds is 11. The molecule has 0 amide bonds. The molecular weight excluding hydrogens is 532 g/mol. The highest BCUT2D eigenvalue weighted by molar-refractivity contribution is 7.99. The van der Waals surface area contributed by atoms with Gasteiger partial charge in [-0.25, -0.2) is 14.4 Å². The van der Waals surface area contributed by atoms with Gasteiger partial charge in [0.1, 0.15) is 11.5 Å². The number of esters is 3. The van der Waals surface area contributed by atoms with Gasteiger partial charge in [0, 0.05) is 0 Å². The molecule has 8 nitrogen and oxygen atoms in total. The topological polar surface area (TPSA) is 108 Å². The first kappa shape index (κ1) is 29.1. The van der Waals surface area contributed by atoms with Crippen LogP contribution in [0.2, 0.25) is 0 Å². The average molecular weight is 563 g/mol. The molecule has 1 fully saturated rings. The summed E-state index contributed by atoms with van der Waals surface area (Å²) in [5.41, 5.74) is -0.0445. The first-order valence-electron chi connectivity index (χ1n) is 12.8. The first-order valence-corrected chi connectivity index (χ1v) is 13.8. The van der Waals surface area contributed by atoms with Gasteiger partial charge >= 0.3 is 17.9 Å². The Kier molecular flexibility index (Phi) is 10.5. The Bertz CT molecular complexity index is 1270. The van der Waals surface area contributed by atoms with E-state index in [-0.39, 0.29) is 16.7 Å². The van der Waals surface area contributed by atoms with Crippen molar-refractivity contribution in [3.63, 3.8) is 0 Å². The zero-order chi connectivity index (χ0) is 28.3. The van der Waals surface area contributed by atoms with Crippen LogP contribution >= 0.6 is 11.8 Å². The predicted molar refractivity (Wildman–Crippen MR) is 150 cm³/mol. The van der Waals surface area contributed by atoms with Gasteiger partial charge in [-0.05, 0) is 48.6 Å². The van der Waals surface area contributed by atoms with Crippen LogP contribution in [0, 0.1) is 0 Å². The zero-order valence-corrected chi connectivity index (χ0v) is 22.5. The van der Waals surface area contributed by atoms with Crippen LogP contribution in [-0.4, -0.2) is 65.2 Å². The van der Waals surface area contributed by atoms with E-state index in [9.17, 15) is 19.5 Å². The highest BCUT2D eigenvalue weighted by atomic mass is 32.2. The molecule has 0 radical (unpaired) electrons. The van der Waals surface area contributed by atoms with E-state index < -0.39 is 54.4 Å². The average Bonchev–Trinajstić information content (AvgIpc) is 3.00. The van der Waals surface area contributed by atoms with Crippen molar-refractivity contribution in [2.24, 2.45) is 0 Å². The molecule has 1 saturated heterocycles. The largest absolute Gasteiger partial charge is 0.452 e. The van der Waals surface area contributed by atoms with E-state index in [1.807, 2.05) is 0 Å². The molecule has 0 bridgehead atoms. The summed E-state index contributed by atoms with van der Waals surface area (Å²) in [5, 5.41) is 10.3. The van der Waals surface area contributed by atoms with E-state index in [1.165, 1.54) is 11.8 Å². The summed E-state index contributed by atoms with van der Waals surface area (Å²) in [4.78, 5) is 39.5. The number of aliphatic hydroxyl groups is 1. The van der Waals surface area contributed by atoms with Gasteiger partial charge in [0.25, 0.3) is 0 Å².